The lowest BCUT2D eigenvalue weighted by atomic mass is 9.78. The van der Waals surface area contributed by atoms with E-state index in [-0.39, 0.29) is 0 Å². The molecule has 98 valence electrons. The minimum atomic E-state index is 0.310. The normalized spacial score (nSPS) is 14.3. The molecule has 1 aromatic heterocycles. The zero-order chi connectivity index (χ0) is 13.1. The molecule has 1 heterocycles. The highest BCUT2D eigenvalue weighted by Crippen LogP contribution is 2.28. The third-order valence-electron chi connectivity index (χ3n) is 3.32. The Kier molecular flexibility index (Phi) is 4.75. The highest BCUT2D eigenvalue weighted by Gasteiger charge is 2.24. The van der Waals surface area contributed by atoms with E-state index in [1.165, 1.54) is 5.69 Å². The summed E-state index contributed by atoms with van der Waals surface area (Å²) < 4.78 is 2.04. The van der Waals surface area contributed by atoms with Gasteiger partial charge in [0.1, 0.15) is 0 Å². The van der Waals surface area contributed by atoms with Gasteiger partial charge in [0.25, 0.3) is 0 Å². The van der Waals surface area contributed by atoms with Crippen LogP contribution in [0.3, 0.4) is 0 Å². The number of hydrogen-bond donors (Lipinski definition) is 1. The fourth-order valence-electron chi connectivity index (χ4n) is 1.96. The quantitative estimate of drug-likeness (QED) is 0.853. The van der Waals surface area contributed by atoms with Crippen molar-refractivity contribution in [1.29, 1.82) is 0 Å². The van der Waals surface area contributed by atoms with Crippen LogP contribution in [0.5, 0.6) is 0 Å². The Balaban J connectivity index is 2.72. The van der Waals surface area contributed by atoms with Crippen LogP contribution in [0.25, 0.3) is 0 Å². The van der Waals surface area contributed by atoms with Crippen molar-refractivity contribution in [2.75, 3.05) is 13.6 Å². The van der Waals surface area contributed by atoms with Crippen LogP contribution < -0.4 is 5.32 Å². The van der Waals surface area contributed by atoms with Crippen LogP contribution in [0.15, 0.2) is 12.3 Å². The van der Waals surface area contributed by atoms with Crippen LogP contribution in [0.1, 0.15) is 46.4 Å². The van der Waals surface area contributed by atoms with E-state index >= 15 is 0 Å². The van der Waals surface area contributed by atoms with Gasteiger partial charge in [0.15, 0.2) is 0 Å². The smallest absolute Gasteiger partial charge is 0.0628 e. The van der Waals surface area contributed by atoms with Crippen LogP contribution >= 0.6 is 0 Å². The molecule has 0 aliphatic carbocycles. The maximum absolute atomic E-state index is 4.63. The van der Waals surface area contributed by atoms with Crippen molar-refractivity contribution in [2.45, 2.75) is 47.1 Å². The standard InChI is InChI=1S/C14H27N3/c1-11(2)17-8-7-13(16-17)9-12(10-15-6)14(3,4)5/h7-8,11-12,15H,9-10H2,1-6H3. The van der Waals surface area contributed by atoms with E-state index in [0.717, 1.165) is 13.0 Å². The molecular formula is C14H27N3. The van der Waals surface area contributed by atoms with Gasteiger partial charge in [0, 0.05) is 12.2 Å². The summed E-state index contributed by atoms with van der Waals surface area (Å²) in [6.07, 6.45) is 3.13. The van der Waals surface area contributed by atoms with Gasteiger partial charge in [-0.1, -0.05) is 20.8 Å². The molecule has 1 unspecified atom stereocenters. The number of nitrogens with one attached hydrogen (secondary N) is 1. The molecule has 0 saturated heterocycles. The van der Waals surface area contributed by atoms with E-state index < -0.39 is 0 Å². The Morgan fingerprint density at radius 3 is 2.41 bits per heavy atom. The zero-order valence-corrected chi connectivity index (χ0v) is 12.1. The van der Waals surface area contributed by atoms with Crippen LogP contribution in [-0.2, 0) is 6.42 Å². The maximum Gasteiger partial charge on any atom is 0.0628 e. The van der Waals surface area contributed by atoms with Crippen molar-refractivity contribution >= 4 is 0 Å². The van der Waals surface area contributed by atoms with E-state index in [9.17, 15) is 0 Å². The van der Waals surface area contributed by atoms with Crippen LogP contribution in [0.4, 0.5) is 0 Å². The van der Waals surface area contributed by atoms with Gasteiger partial charge in [-0.2, -0.15) is 5.10 Å². The monoisotopic (exact) mass is 237 g/mol. The van der Waals surface area contributed by atoms with Crippen molar-refractivity contribution < 1.29 is 0 Å². The average Bonchev–Trinajstić information content (AvgIpc) is 2.64. The third kappa shape index (κ3) is 4.15. The molecular weight excluding hydrogens is 210 g/mol. The molecule has 0 saturated carbocycles. The summed E-state index contributed by atoms with van der Waals surface area (Å²) in [5.41, 5.74) is 1.51. The summed E-state index contributed by atoms with van der Waals surface area (Å²) in [4.78, 5) is 0. The van der Waals surface area contributed by atoms with E-state index in [1.54, 1.807) is 0 Å². The minimum absolute atomic E-state index is 0.310. The van der Waals surface area contributed by atoms with Crippen LogP contribution in [0.2, 0.25) is 0 Å². The maximum atomic E-state index is 4.63. The fraction of sp³-hybridized carbons (Fsp3) is 0.786. The van der Waals surface area contributed by atoms with Crippen LogP contribution in [-0.4, -0.2) is 23.4 Å². The molecule has 0 radical (unpaired) electrons. The van der Waals surface area contributed by atoms with Crippen molar-refractivity contribution in [3.63, 3.8) is 0 Å². The summed E-state index contributed by atoms with van der Waals surface area (Å²) in [6, 6.07) is 2.59. The van der Waals surface area contributed by atoms with Gasteiger partial charge in [0.05, 0.1) is 5.69 Å². The highest BCUT2D eigenvalue weighted by molar-refractivity contribution is 5.02. The Labute approximate surface area is 106 Å². The first kappa shape index (κ1) is 14.2. The highest BCUT2D eigenvalue weighted by atomic mass is 15.3. The number of nitrogens with zero attached hydrogens (tertiary/aromatic N) is 2. The summed E-state index contributed by atoms with van der Waals surface area (Å²) in [7, 11) is 2.02. The van der Waals surface area contributed by atoms with Crippen molar-refractivity contribution in [3.05, 3.63) is 18.0 Å². The summed E-state index contributed by atoms with van der Waals surface area (Å²) >= 11 is 0. The predicted molar refractivity (Wildman–Crippen MR) is 73.2 cm³/mol. The third-order valence-corrected chi connectivity index (χ3v) is 3.32. The first-order valence-electron chi connectivity index (χ1n) is 6.53. The Bertz CT molecular complexity index is 333. The molecule has 0 bridgehead atoms. The van der Waals surface area contributed by atoms with Gasteiger partial charge in [0.2, 0.25) is 0 Å². The van der Waals surface area contributed by atoms with Gasteiger partial charge in [-0.15, -0.1) is 0 Å². The molecule has 3 heteroatoms. The van der Waals surface area contributed by atoms with Crippen molar-refractivity contribution in [3.8, 4) is 0 Å². The Morgan fingerprint density at radius 1 is 1.35 bits per heavy atom. The predicted octanol–water partition coefficient (Wildman–Crippen LogP) is 2.89. The van der Waals surface area contributed by atoms with Crippen molar-refractivity contribution in [1.82, 2.24) is 15.1 Å². The summed E-state index contributed by atoms with van der Waals surface area (Å²) in [5, 5.41) is 7.92. The molecule has 0 aliphatic heterocycles. The van der Waals surface area contributed by atoms with Gasteiger partial charge < -0.3 is 5.32 Å². The van der Waals surface area contributed by atoms with Gasteiger partial charge in [-0.3, -0.25) is 4.68 Å². The number of hydrogen-bond acceptors (Lipinski definition) is 2. The van der Waals surface area contributed by atoms with E-state index in [0.29, 0.717) is 17.4 Å². The Hall–Kier alpha value is -0.830. The Morgan fingerprint density at radius 2 is 2.00 bits per heavy atom. The van der Waals surface area contributed by atoms with E-state index in [1.807, 2.05) is 11.7 Å². The second-order valence-electron chi connectivity index (χ2n) is 6.21. The molecule has 0 aromatic carbocycles. The molecule has 0 aliphatic rings. The van der Waals surface area contributed by atoms with Gasteiger partial charge >= 0.3 is 0 Å². The SMILES string of the molecule is CNCC(Cc1ccn(C(C)C)n1)C(C)(C)C. The van der Waals surface area contributed by atoms with E-state index in [4.69, 9.17) is 0 Å². The molecule has 0 amide bonds. The molecule has 1 aromatic rings. The summed E-state index contributed by atoms with van der Waals surface area (Å²) in [5.74, 6) is 0.614. The summed E-state index contributed by atoms with van der Waals surface area (Å²) in [6.45, 7) is 12.3. The number of rotatable bonds is 5. The topological polar surface area (TPSA) is 29.9 Å². The average molecular weight is 237 g/mol. The molecule has 1 rings (SSSR count). The second-order valence-corrected chi connectivity index (χ2v) is 6.21. The largest absolute Gasteiger partial charge is 0.319 e. The molecule has 0 spiro atoms. The van der Waals surface area contributed by atoms with Gasteiger partial charge in [-0.05, 0) is 51.3 Å². The van der Waals surface area contributed by atoms with Crippen molar-refractivity contribution in [2.24, 2.45) is 11.3 Å². The molecule has 0 fully saturated rings. The lowest BCUT2D eigenvalue weighted by molar-refractivity contribution is 0.232. The first-order valence-corrected chi connectivity index (χ1v) is 6.53. The van der Waals surface area contributed by atoms with E-state index in [2.05, 4.69) is 57.3 Å². The van der Waals surface area contributed by atoms with Crippen LogP contribution in [0, 0.1) is 11.3 Å². The second kappa shape index (κ2) is 5.67. The minimum Gasteiger partial charge on any atom is -0.319 e. The first-order chi connectivity index (χ1) is 7.84. The number of aromatic nitrogens is 2. The molecule has 1 N–H and O–H groups in total. The fourth-order valence-corrected chi connectivity index (χ4v) is 1.96. The zero-order valence-electron chi connectivity index (χ0n) is 12.1. The van der Waals surface area contributed by atoms with Gasteiger partial charge in [-0.25, -0.2) is 0 Å². The molecule has 1 atom stereocenters. The molecule has 3 nitrogen and oxygen atoms in total. The lowest BCUT2D eigenvalue weighted by Crippen LogP contribution is -2.31. The lowest BCUT2D eigenvalue weighted by Gasteiger charge is -2.30. The molecule has 17 heavy (non-hydrogen) atoms.